The minimum absolute atomic E-state index is 0.0239. The van der Waals surface area contributed by atoms with Gasteiger partial charge in [0, 0.05) is 12.4 Å². The molecular weight excluding hydrogens is 248 g/mol. The predicted octanol–water partition coefficient (Wildman–Crippen LogP) is -1.49. The molecule has 0 saturated carbocycles. The first-order chi connectivity index (χ1) is 8.43. The van der Waals surface area contributed by atoms with E-state index in [9.17, 15) is 19.8 Å². The summed E-state index contributed by atoms with van der Waals surface area (Å²) in [5.74, 6) is -2.20. The summed E-state index contributed by atoms with van der Waals surface area (Å²) in [6.07, 6.45) is -0.0514. The Morgan fingerprint density at radius 1 is 1.37 bits per heavy atom. The average molecular weight is 274 g/mol. The lowest BCUT2D eigenvalue weighted by molar-refractivity contribution is -0.875. The van der Waals surface area contributed by atoms with Crippen LogP contribution in [0.3, 0.4) is 0 Å². The Kier molecular flexibility index (Phi) is 6.12. The first kappa shape index (κ1) is 18.0. The molecule has 0 unspecified atom stereocenters. The number of carboxylic acid groups (broad SMARTS) is 1. The van der Waals surface area contributed by atoms with Gasteiger partial charge >= 0.3 is 0 Å². The fourth-order valence-electron chi connectivity index (χ4n) is 2.07. The van der Waals surface area contributed by atoms with Crippen molar-refractivity contribution in [3.05, 3.63) is 0 Å². The number of carbonyl (C=O) groups excluding carboxylic acids is 2. The average Bonchev–Trinajstić information content (AvgIpc) is 2.22. The third-order valence-electron chi connectivity index (χ3n) is 3.19. The van der Waals surface area contributed by atoms with Gasteiger partial charge in [-0.1, -0.05) is 20.3 Å². The quantitative estimate of drug-likeness (QED) is 0.525. The number of aliphatic carboxylic acids is 1. The van der Waals surface area contributed by atoms with Gasteiger partial charge in [0.15, 0.2) is 11.4 Å². The Bertz CT molecular complexity index is 338. The molecule has 0 aromatic rings. The van der Waals surface area contributed by atoms with Gasteiger partial charge in [-0.2, -0.15) is 0 Å². The van der Waals surface area contributed by atoms with Gasteiger partial charge in [0.1, 0.15) is 6.54 Å². The summed E-state index contributed by atoms with van der Waals surface area (Å²) in [7, 11) is 5.30. The van der Waals surface area contributed by atoms with E-state index < -0.39 is 29.8 Å². The largest absolute Gasteiger partial charge is 0.550 e. The Labute approximate surface area is 114 Å². The number of ketones is 1. The van der Waals surface area contributed by atoms with Crippen LogP contribution in [0.4, 0.5) is 0 Å². The summed E-state index contributed by atoms with van der Waals surface area (Å²) in [6.45, 7) is 3.66. The molecule has 3 atom stereocenters. The molecule has 0 heterocycles. The Morgan fingerprint density at radius 3 is 2.16 bits per heavy atom. The molecule has 0 aromatic heterocycles. The van der Waals surface area contributed by atoms with E-state index >= 15 is 0 Å². The molecule has 0 radical (unpaired) electrons. The van der Waals surface area contributed by atoms with Crippen molar-refractivity contribution in [3.8, 4) is 0 Å². The van der Waals surface area contributed by atoms with Gasteiger partial charge in [0.05, 0.1) is 27.2 Å². The molecule has 0 rings (SSSR count). The fraction of sp³-hybridized carbons (Fsp3) is 0.846. The summed E-state index contributed by atoms with van der Waals surface area (Å²) in [5, 5.41) is 21.2. The number of nitrogens with zero attached hydrogens (tertiary/aromatic N) is 1. The van der Waals surface area contributed by atoms with Crippen molar-refractivity contribution in [2.75, 3.05) is 27.7 Å². The van der Waals surface area contributed by atoms with Gasteiger partial charge < -0.3 is 25.2 Å². The SMILES string of the molecule is CC[C@H](C)[C@H](N)C(=O)[C@@](O)(CC(=O)[O-])C[N+](C)(C)C. The first-order valence-corrected chi connectivity index (χ1v) is 6.45. The fourth-order valence-corrected chi connectivity index (χ4v) is 2.07. The number of aliphatic hydroxyl groups is 1. The van der Waals surface area contributed by atoms with Crippen molar-refractivity contribution in [2.24, 2.45) is 11.7 Å². The zero-order valence-electron chi connectivity index (χ0n) is 12.5. The van der Waals surface area contributed by atoms with Gasteiger partial charge in [-0.05, 0) is 5.92 Å². The zero-order chi connectivity index (χ0) is 15.4. The topological polar surface area (TPSA) is 103 Å². The van der Waals surface area contributed by atoms with E-state index in [0.717, 1.165) is 0 Å². The van der Waals surface area contributed by atoms with E-state index in [-0.39, 0.29) is 16.9 Å². The van der Waals surface area contributed by atoms with E-state index in [1.54, 1.807) is 28.1 Å². The Hall–Kier alpha value is -0.980. The van der Waals surface area contributed by atoms with E-state index in [0.29, 0.717) is 6.42 Å². The van der Waals surface area contributed by atoms with Crippen LogP contribution in [0.2, 0.25) is 0 Å². The molecule has 112 valence electrons. The van der Waals surface area contributed by atoms with Crippen LogP contribution in [0.25, 0.3) is 0 Å². The number of quaternary nitrogens is 1. The zero-order valence-corrected chi connectivity index (χ0v) is 12.5. The molecule has 0 saturated heterocycles. The van der Waals surface area contributed by atoms with Crippen LogP contribution < -0.4 is 10.8 Å². The molecule has 3 N–H and O–H groups in total. The number of hydrogen-bond donors (Lipinski definition) is 2. The van der Waals surface area contributed by atoms with Crippen molar-refractivity contribution >= 4 is 11.8 Å². The van der Waals surface area contributed by atoms with Crippen LogP contribution in [0.5, 0.6) is 0 Å². The molecule has 6 nitrogen and oxygen atoms in total. The molecule has 0 amide bonds. The minimum atomic E-state index is -1.99. The molecule has 0 aliphatic rings. The number of carboxylic acids is 1. The smallest absolute Gasteiger partial charge is 0.187 e. The Morgan fingerprint density at radius 2 is 1.84 bits per heavy atom. The van der Waals surface area contributed by atoms with E-state index in [4.69, 9.17) is 5.73 Å². The van der Waals surface area contributed by atoms with Crippen molar-refractivity contribution in [2.45, 2.75) is 38.3 Å². The number of hydrogen-bond acceptors (Lipinski definition) is 5. The van der Waals surface area contributed by atoms with Gasteiger partial charge in [0.2, 0.25) is 0 Å². The second-order valence-electron chi connectivity index (χ2n) is 6.30. The number of rotatable bonds is 8. The van der Waals surface area contributed by atoms with Gasteiger partial charge in [0.25, 0.3) is 0 Å². The molecule has 0 spiro atoms. The lowest BCUT2D eigenvalue weighted by atomic mass is 9.83. The summed E-state index contributed by atoms with van der Waals surface area (Å²) in [6, 6.07) is -0.874. The van der Waals surface area contributed by atoms with Crippen molar-refractivity contribution in [3.63, 3.8) is 0 Å². The lowest BCUT2D eigenvalue weighted by Crippen LogP contribution is -2.60. The van der Waals surface area contributed by atoms with Crippen LogP contribution in [0.1, 0.15) is 26.7 Å². The van der Waals surface area contributed by atoms with Gasteiger partial charge in [-0.15, -0.1) is 0 Å². The van der Waals surface area contributed by atoms with Gasteiger partial charge in [-0.3, -0.25) is 4.79 Å². The maximum absolute atomic E-state index is 12.3. The molecule has 0 bridgehead atoms. The number of carbonyl (C=O) groups is 2. The normalized spacial score (nSPS) is 18.5. The lowest BCUT2D eigenvalue weighted by Gasteiger charge is -2.36. The maximum Gasteiger partial charge on any atom is 0.187 e. The highest BCUT2D eigenvalue weighted by molar-refractivity contribution is 5.94. The maximum atomic E-state index is 12.3. The van der Waals surface area contributed by atoms with Crippen LogP contribution in [-0.4, -0.2) is 60.7 Å². The van der Waals surface area contributed by atoms with Crippen molar-refractivity contribution in [1.29, 1.82) is 0 Å². The third-order valence-corrected chi connectivity index (χ3v) is 3.19. The van der Waals surface area contributed by atoms with E-state index in [1.165, 1.54) is 0 Å². The van der Waals surface area contributed by atoms with Crippen LogP contribution in [0.15, 0.2) is 0 Å². The van der Waals surface area contributed by atoms with Crippen LogP contribution in [0, 0.1) is 5.92 Å². The Balaban J connectivity index is 5.24. The van der Waals surface area contributed by atoms with Crippen molar-refractivity contribution < 1.29 is 24.3 Å². The van der Waals surface area contributed by atoms with Crippen LogP contribution >= 0.6 is 0 Å². The monoisotopic (exact) mass is 274 g/mol. The molecule has 19 heavy (non-hydrogen) atoms. The van der Waals surface area contributed by atoms with E-state index in [2.05, 4.69) is 0 Å². The second-order valence-corrected chi connectivity index (χ2v) is 6.30. The number of Topliss-reactive ketones (excluding diaryl/α,β-unsaturated/α-hetero) is 1. The summed E-state index contributed by atoms with van der Waals surface area (Å²) in [4.78, 5) is 23.1. The second kappa shape index (κ2) is 6.45. The number of likely N-dealkylation sites (N-methyl/N-ethyl adjacent to an activating group) is 1. The molecule has 0 fully saturated rings. The van der Waals surface area contributed by atoms with Gasteiger partial charge in [-0.25, -0.2) is 0 Å². The number of nitrogens with two attached hydrogens (primary N) is 1. The highest BCUT2D eigenvalue weighted by Crippen LogP contribution is 2.20. The summed E-state index contributed by atoms with van der Waals surface area (Å²) in [5.41, 5.74) is 3.84. The molecule has 0 aromatic carbocycles. The van der Waals surface area contributed by atoms with Crippen LogP contribution in [-0.2, 0) is 9.59 Å². The highest BCUT2D eigenvalue weighted by Gasteiger charge is 2.44. The standard InChI is InChI=1S/C13H26N2O4/c1-6-9(2)11(14)12(18)13(19,7-10(16)17)8-15(3,4)5/h9,11,19H,6-8,14H2,1-5H3/t9-,11-,13+/m0/s1. The predicted molar refractivity (Wildman–Crippen MR) is 69.9 cm³/mol. The first-order valence-electron chi connectivity index (χ1n) is 6.45. The van der Waals surface area contributed by atoms with E-state index in [1.807, 2.05) is 6.92 Å². The summed E-state index contributed by atoms with van der Waals surface area (Å²) < 4.78 is 0.253. The molecule has 6 heteroatoms. The summed E-state index contributed by atoms with van der Waals surface area (Å²) >= 11 is 0. The third kappa shape index (κ3) is 5.67. The van der Waals surface area contributed by atoms with Crippen molar-refractivity contribution in [1.82, 2.24) is 0 Å². The molecular formula is C13H26N2O4. The minimum Gasteiger partial charge on any atom is -0.550 e. The highest BCUT2D eigenvalue weighted by atomic mass is 16.4. The molecule has 0 aliphatic carbocycles. The molecule has 0 aliphatic heterocycles.